The van der Waals surface area contributed by atoms with Gasteiger partial charge in [0, 0.05) is 23.6 Å². The molecule has 6 nitrogen and oxygen atoms in total. The minimum absolute atomic E-state index is 0.110. The summed E-state index contributed by atoms with van der Waals surface area (Å²) < 4.78 is 10.9. The maximum Gasteiger partial charge on any atom is 0.230 e. The summed E-state index contributed by atoms with van der Waals surface area (Å²) >= 11 is 0. The van der Waals surface area contributed by atoms with Gasteiger partial charge in [-0.2, -0.15) is 0 Å². The zero-order chi connectivity index (χ0) is 13.1. The zero-order valence-corrected chi connectivity index (χ0v) is 10.2. The number of fused-ring (bicyclic) bond motifs is 1. The number of rotatable bonds is 3. The van der Waals surface area contributed by atoms with Crippen LogP contribution in [0.4, 0.5) is 5.69 Å². The molecule has 0 saturated carbocycles. The first kappa shape index (κ1) is 11.6. The van der Waals surface area contributed by atoms with Crippen LogP contribution < -0.4 is 14.8 Å². The van der Waals surface area contributed by atoms with Gasteiger partial charge in [-0.3, -0.25) is 4.79 Å². The fourth-order valence-electron chi connectivity index (χ4n) is 1.88. The lowest BCUT2D eigenvalue weighted by Gasteiger charge is -2.18. The van der Waals surface area contributed by atoms with Crippen LogP contribution in [0.1, 0.15) is 5.69 Å². The molecule has 0 radical (unpaired) electrons. The predicted octanol–water partition coefficient (Wildman–Crippen LogP) is 1.36. The molecular weight excluding hydrogens is 246 g/mol. The molecule has 0 unspecified atom stereocenters. The first-order valence-electron chi connectivity index (χ1n) is 5.98. The number of aromatic nitrogens is 2. The van der Waals surface area contributed by atoms with Crippen LogP contribution >= 0.6 is 0 Å². The quantitative estimate of drug-likeness (QED) is 0.872. The molecule has 6 heteroatoms. The smallest absolute Gasteiger partial charge is 0.230 e. The maximum absolute atomic E-state index is 11.8. The van der Waals surface area contributed by atoms with Crippen molar-refractivity contribution in [3.63, 3.8) is 0 Å². The second-order valence-electron chi connectivity index (χ2n) is 4.16. The Labute approximate surface area is 109 Å². The fraction of sp³-hybridized carbons (Fsp3) is 0.231. The molecule has 19 heavy (non-hydrogen) atoms. The van der Waals surface area contributed by atoms with Gasteiger partial charge in [-0.25, -0.2) is 4.98 Å². The first-order valence-corrected chi connectivity index (χ1v) is 5.98. The number of nitrogens with one attached hydrogen (secondary N) is 2. The van der Waals surface area contributed by atoms with Crippen LogP contribution in [0.5, 0.6) is 11.5 Å². The molecule has 1 aromatic carbocycles. The first-order chi connectivity index (χ1) is 9.31. The molecule has 2 aromatic rings. The Balaban J connectivity index is 1.67. The summed E-state index contributed by atoms with van der Waals surface area (Å²) in [4.78, 5) is 18.6. The van der Waals surface area contributed by atoms with Crippen LogP contribution in [0.3, 0.4) is 0 Å². The summed E-state index contributed by atoms with van der Waals surface area (Å²) in [6, 6.07) is 5.35. The summed E-state index contributed by atoms with van der Waals surface area (Å²) in [7, 11) is 0. The van der Waals surface area contributed by atoms with Crippen molar-refractivity contribution < 1.29 is 14.3 Å². The van der Waals surface area contributed by atoms with Crippen LogP contribution in [0.25, 0.3) is 0 Å². The van der Waals surface area contributed by atoms with E-state index in [0.29, 0.717) is 30.4 Å². The van der Waals surface area contributed by atoms with Gasteiger partial charge in [0.2, 0.25) is 5.91 Å². The van der Waals surface area contributed by atoms with Crippen molar-refractivity contribution in [2.24, 2.45) is 0 Å². The van der Waals surface area contributed by atoms with Crippen molar-refractivity contribution in [3.8, 4) is 11.5 Å². The highest BCUT2D eigenvalue weighted by molar-refractivity contribution is 5.92. The highest BCUT2D eigenvalue weighted by Crippen LogP contribution is 2.32. The molecule has 2 N–H and O–H groups in total. The number of ether oxygens (including phenoxy) is 2. The van der Waals surface area contributed by atoms with E-state index in [1.54, 1.807) is 30.7 Å². The standard InChI is InChI=1S/C13H13N3O3/c17-13(6-10-7-14-8-15-10)16-9-1-2-11-12(5-9)19-4-3-18-11/h1-2,5,7-8H,3-4,6H2,(H,14,15)(H,16,17). The van der Waals surface area contributed by atoms with Crippen molar-refractivity contribution in [3.05, 3.63) is 36.4 Å². The third kappa shape index (κ3) is 2.67. The van der Waals surface area contributed by atoms with Crippen LogP contribution in [0, 0.1) is 0 Å². The van der Waals surface area contributed by atoms with E-state index in [1.165, 1.54) is 0 Å². The van der Waals surface area contributed by atoms with E-state index >= 15 is 0 Å². The molecule has 98 valence electrons. The third-order valence-corrected chi connectivity index (χ3v) is 2.73. The van der Waals surface area contributed by atoms with Gasteiger partial charge >= 0.3 is 0 Å². The zero-order valence-electron chi connectivity index (χ0n) is 10.2. The minimum atomic E-state index is -0.110. The van der Waals surface area contributed by atoms with Crippen LogP contribution in [0.15, 0.2) is 30.7 Å². The Hall–Kier alpha value is -2.50. The van der Waals surface area contributed by atoms with E-state index in [-0.39, 0.29) is 12.3 Å². The fourth-order valence-corrected chi connectivity index (χ4v) is 1.88. The normalized spacial score (nSPS) is 13.1. The van der Waals surface area contributed by atoms with Crippen LogP contribution in [-0.4, -0.2) is 29.1 Å². The predicted molar refractivity (Wildman–Crippen MR) is 68.4 cm³/mol. The van der Waals surface area contributed by atoms with Crippen LogP contribution in [0.2, 0.25) is 0 Å². The number of H-pyrrole nitrogens is 1. The number of benzene rings is 1. The summed E-state index contributed by atoms with van der Waals surface area (Å²) in [6.07, 6.45) is 3.44. The molecule has 0 fully saturated rings. The maximum atomic E-state index is 11.8. The number of imidazole rings is 1. The lowest BCUT2D eigenvalue weighted by atomic mass is 10.2. The molecule has 1 aliphatic rings. The van der Waals surface area contributed by atoms with E-state index in [4.69, 9.17) is 9.47 Å². The van der Waals surface area contributed by atoms with Crippen molar-refractivity contribution in [2.45, 2.75) is 6.42 Å². The van der Waals surface area contributed by atoms with Crippen molar-refractivity contribution >= 4 is 11.6 Å². The number of hydrogen-bond donors (Lipinski definition) is 2. The Morgan fingerprint density at radius 2 is 2.16 bits per heavy atom. The van der Waals surface area contributed by atoms with Gasteiger partial charge in [-0.15, -0.1) is 0 Å². The highest BCUT2D eigenvalue weighted by Gasteiger charge is 2.13. The molecule has 0 saturated heterocycles. The molecule has 1 aromatic heterocycles. The number of anilines is 1. The molecule has 0 aliphatic carbocycles. The molecule has 2 heterocycles. The second-order valence-corrected chi connectivity index (χ2v) is 4.16. The SMILES string of the molecule is O=C(Cc1cnc[nH]1)Nc1ccc2c(c1)OCCO2. The number of amides is 1. The average Bonchev–Trinajstić information content (AvgIpc) is 2.91. The number of hydrogen-bond acceptors (Lipinski definition) is 4. The van der Waals surface area contributed by atoms with Crippen molar-refractivity contribution in [1.82, 2.24) is 9.97 Å². The van der Waals surface area contributed by atoms with E-state index in [2.05, 4.69) is 15.3 Å². The molecule has 0 atom stereocenters. The molecule has 3 rings (SSSR count). The van der Waals surface area contributed by atoms with E-state index in [1.807, 2.05) is 0 Å². The average molecular weight is 259 g/mol. The van der Waals surface area contributed by atoms with Gasteiger partial charge < -0.3 is 19.8 Å². The lowest BCUT2D eigenvalue weighted by molar-refractivity contribution is -0.115. The lowest BCUT2D eigenvalue weighted by Crippen LogP contribution is -2.17. The Morgan fingerprint density at radius 1 is 1.32 bits per heavy atom. The monoisotopic (exact) mass is 259 g/mol. The summed E-state index contributed by atoms with van der Waals surface area (Å²) in [6.45, 7) is 1.08. The second kappa shape index (κ2) is 5.01. The van der Waals surface area contributed by atoms with Gasteiger partial charge in [0.15, 0.2) is 11.5 Å². The number of carbonyl (C=O) groups is 1. The van der Waals surface area contributed by atoms with Crippen molar-refractivity contribution in [2.75, 3.05) is 18.5 Å². The van der Waals surface area contributed by atoms with Crippen LogP contribution in [-0.2, 0) is 11.2 Å². The van der Waals surface area contributed by atoms with E-state index in [9.17, 15) is 4.79 Å². The number of nitrogens with zero attached hydrogens (tertiary/aromatic N) is 1. The van der Waals surface area contributed by atoms with Gasteiger partial charge in [0.1, 0.15) is 13.2 Å². The molecule has 1 amide bonds. The summed E-state index contributed by atoms with van der Waals surface area (Å²) in [5.41, 5.74) is 1.46. The molecule has 0 bridgehead atoms. The van der Waals surface area contributed by atoms with Gasteiger partial charge in [0.05, 0.1) is 12.7 Å². The molecular formula is C13H13N3O3. The molecule has 1 aliphatic heterocycles. The minimum Gasteiger partial charge on any atom is -0.486 e. The number of aromatic amines is 1. The van der Waals surface area contributed by atoms with Gasteiger partial charge in [0.25, 0.3) is 0 Å². The Morgan fingerprint density at radius 3 is 2.95 bits per heavy atom. The van der Waals surface area contributed by atoms with Crippen molar-refractivity contribution in [1.29, 1.82) is 0 Å². The van der Waals surface area contributed by atoms with Gasteiger partial charge in [-0.05, 0) is 12.1 Å². The Kier molecular flexibility index (Phi) is 3.06. The highest BCUT2D eigenvalue weighted by atomic mass is 16.6. The van der Waals surface area contributed by atoms with E-state index in [0.717, 1.165) is 5.69 Å². The number of carbonyl (C=O) groups excluding carboxylic acids is 1. The topological polar surface area (TPSA) is 76.2 Å². The largest absolute Gasteiger partial charge is 0.486 e. The Bertz CT molecular complexity index is 581. The molecule has 0 spiro atoms. The summed E-state index contributed by atoms with van der Waals surface area (Å²) in [5.74, 6) is 1.25. The van der Waals surface area contributed by atoms with Gasteiger partial charge in [-0.1, -0.05) is 0 Å². The summed E-state index contributed by atoms with van der Waals surface area (Å²) in [5, 5.41) is 2.81. The third-order valence-electron chi connectivity index (χ3n) is 2.73. The van der Waals surface area contributed by atoms with E-state index < -0.39 is 0 Å².